The molecule has 21 heavy (non-hydrogen) atoms. The molecular formula is C18H28N2O. The highest BCUT2D eigenvalue weighted by Crippen LogP contribution is 2.32. The summed E-state index contributed by atoms with van der Waals surface area (Å²) in [6, 6.07) is 4.33. The molecule has 0 unspecified atom stereocenters. The molecule has 0 atom stereocenters. The van der Waals surface area contributed by atoms with Crippen LogP contribution in [0.2, 0.25) is 0 Å². The van der Waals surface area contributed by atoms with E-state index in [0.29, 0.717) is 0 Å². The summed E-state index contributed by atoms with van der Waals surface area (Å²) in [5, 5.41) is 1.28. The molecule has 1 heterocycles. The maximum atomic E-state index is 6.03. The zero-order valence-electron chi connectivity index (χ0n) is 13.8. The highest BCUT2D eigenvalue weighted by Gasteiger charge is 2.13. The Kier molecular flexibility index (Phi) is 5.68. The Balaban J connectivity index is 2.34. The van der Waals surface area contributed by atoms with Gasteiger partial charge in [-0.1, -0.05) is 26.3 Å². The summed E-state index contributed by atoms with van der Waals surface area (Å²) in [6.45, 7) is 6.25. The zero-order chi connectivity index (χ0) is 15.2. The number of hydrogen-bond donors (Lipinski definition) is 1. The number of aromatic amines is 1. The van der Waals surface area contributed by atoms with Crippen LogP contribution >= 0.6 is 0 Å². The lowest BCUT2D eigenvalue weighted by atomic mass is 10.0. The van der Waals surface area contributed by atoms with E-state index in [4.69, 9.17) is 4.74 Å². The Bertz CT molecular complexity index is 572. The Labute approximate surface area is 128 Å². The van der Waals surface area contributed by atoms with Gasteiger partial charge in [0.2, 0.25) is 0 Å². The average Bonchev–Trinajstić information content (AvgIpc) is 2.90. The number of aromatic nitrogens is 1. The van der Waals surface area contributed by atoms with Crippen molar-refractivity contribution in [3.63, 3.8) is 0 Å². The molecule has 0 aliphatic carbocycles. The Hall–Kier alpha value is -1.48. The molecule has 0 bridgehead atoms. The minimum Gasteiger partial charge on any atom is -0.493 e. The lowest BCUT2D eigenvalue weighted by Crippen LogP contribution is -2.14. The van der Waals surface area contributed by atoms with Crippen LogP contribution in [0.25, 0.3) is 10.9 Å². The van der Waals surface area contributed by atoms with Crippen LogP contribution in [0.3, 0.4) is 0 Å². The number of nitrogens with zero attached hydrogens (tertiary/aromatic N) is 1. The van der Waals surface area contributed by atoms with Gasteiger partial charge in [0.25, 0.3) is 0 Å². The Morgan fingerprint density at radius 2 is 1.95 bits per heavy atom. The topological polar surface area (TPSA) is 28.3 Å². The van der Waals surface area contributed by atoms with E-state index in [-0.39, 0.29) is 0 Å². The van der Waals surface area contributed by atoms with Crippen molar-refractivity contribution < 1.29 is 4.74 Å². The molecule has 0 spiro atoms. The molecule has 0 aliphatic heterocycles. The van der Waals surface area contributed by atoms with Crippen molar-refractivity contribution in [2.75, 3.05) is 27.2 Å². The fourth-order valence-corrected chi connectivity index (χ4v) is 2.62. The van der Waals surface area contributed by atoms with Gasteiger partial charge in [0.1, 0.15) is 5.75 Å². The molecule has 0 fully saturated rings. The molecule has 0 aliphatic rings. The van der Waals surface area contributed by atoms with Gasteiger partial charge < -0.3 is 14.6 Å². The molecule has 0 saturated heterocycles. The SMILES string of the molecule is CCCCOc1ccc(CC)c2[nH]cc(CCN(C)C)c12. The number of unbranched alkanes of at least 4 members (excludes halogenated alkanes) is 1. The molecule has 1 N–H and O–H groups in total. The molecule has 1 aromatic carbocycles. The first-order valence-corrected chi connectivity index (χ1v) is 8.06. The van der Waals surface area contributed by atoms with Gasteiger partial charge in [0, 0.05) is 18.1 Å². The normalized spacial score (nSPS) is 11.5. The number of rotatable bonds is 8. The lowest BCUT2D eigenvalue weighted by Gasteiger charge is -2.12. The van der Waals surface area contributed by atoms with Crippen molar-refractivity contribution in [1.82, 2.24) is 9.88 Å². The van der Waals surface area contributed by atoms with Gasteiger partial charge in [0.15, 0.2) is 0 Å². The molecular weight excluding hydrogens is 260 g/mol. The third kappa shape index (κ3) is 3.79. The van der Waals surface area contributed by atoms with Gasteiger partial charge >= 0.3 is 0 Å². The van der Waals surface area contributed by atoms with Crippen molar-refractivity contribution in [2.45, 2.75) is 39.5 Å². The first-order valence-electron chi connectivity index (χ1n) is 8.06. The van der Waals surface area contributed by atoms with Gasteiger partial charge in [-0.05, 0) is 50.6 Å². The molecule has 0 saturated carbocycles. The van der Waals surface area contributed by atoms with Gasteiger partial charge in [-0.15, -0.1) is 0 Å². The smallest absolute Gasteiger partial charge is 0.128 e. The second-order valence-electron chi connectivity index (χ2n) is 5.90. The molecule has 2 aromatic rings. The predicted octanol–water partition coefficient (Wildman–Crippen LogP) is 4.01. The van der Waals surface area contributed by atoms with Crippen molar-refractivity contribution in [2.24, 2.45) is 0 Å². The van der Waals surface area contributed by atoms with Crippen LogP contribution in [0.4, 0.5) is 0 Å². The highest BCUT2D eigenvalue weighted by molar-refractivity contribution is 5.91. The van der Waals surface area contributed by atoms with Crippen LogP contribution in [-0.4, -0.2) is 37.1 Å². The van der Waals surface area contributed by atoms with Crippen LogP contribution in [-0.2, 0) is 12.8 Å². The second-order valence-corrected chi connectivity index (χ2v) is 5.90. The molecule has 116 valence electrons. The van der Waals surface area contributed by atoms with Crippen LogP contribution < -0.4 is 4.74 Å². The second kappa shape index (κ2) is 7.51. The monoisotopic (exact) mass is 288 g/mol. The Morgan fingerprint density at radius 3 is 2.62 bits per heavy atom. The van der Waals surface area contributed by atoms with Crippen LogP contribution in [0.15, 0.2) is 18.3 Å². The number of fused-ring (bicyclic) bond motifs is 1. The summed E-state index contributed by atoms with van der Waals surface area (Å²) in [5.41, 5.74) is 3.98. The minimum absolute atomic E-state index is 0.801. The van der Waals surface area contributed by atoms with Gasteiger partial charge in [-0.25, -0.2) is 0 Å². The third-order valence-corrected chi connectivity index (χ3v) is 3.93. The zero-order valence-corrected chi connectivity index (χ0v) is 13.8. The van der Waals surface area contributed by atoms with E-state index in [9.17, 15) is 0 Å². The summed E-state index contributed by atoms with van der Waals surface area (Å²) in [6.07, 6.45) is 6.51. The standard InChI is InChI=1S/C18H28N2O/c1-5-7-12-21-16-9-8-14(6-2)18-17(16)15(13-19-18)10-11-20(3)4/h8-9,13,19H,5-7,10-12H2,1-4H3. The molecule has 3 heteroatoms. The first-order chi connectivity index (χ1) is 10.2. The van der Waals surface area contributed by atoms with Crippen LogP contribution in [0, 0.1) is 0 Å². The van der Waals surface area contributed by atoms with Gasteiger partial charge in [-0.2, -0.15) is 0 Å². The summed E-state index contributed by atoms with van der Waals surface area (Å²) >= 11 is 0. The van der Waals surface area contributed by atoms with Crippen molar-refractivity contribution >= 4 is 10.9 Å². The number of benzene rings is 1. The van der Waals surface area contributed by atoms with E-state index in [2.05, 4.69) is 56.2 Å². The molecule has 0 radical (unpaired) electrons. The third-order valence-electron chi connectivity index (χ3n) is 3.93. The van der Waals surface area contributed by atoms with Gasteiger partial charge in [-0.3, -0.25) is 0 Å². The number of ether oxygens (including phenoxy) is 1. The molecule has 3 nitrogen and oxygen atoms in total. The van der Waals surface area contributed by atoms with Crippen molar-refractivity contribution in [1.29, 1.82) is 0 Å². The van der Waals surface area contributed by atoms with E-state index in [1.807, 2.05) is 0 Å². The average molecular weight is 288 g/mol. The highest BCUT2D eigenvalue weighted by atomic mass is 16.5. The van der Waals surface area contributed by atoms with E-state index in [1.54, 1.807) is 0 Å². The van der Waals surface area contributed by atoms with Gasteiger partial charge in [0.05, 0.1) is 12.1 Å². The first kappa shape index (κ1) is 15.9. The van der Waals surface area contributed by atoms with E-state index < -0.39 is 0 Å². The summed E-state index contributed by atoms with van der Waals surface area (Å²) in [7, 11) is 4.23. The molecule has 2 rings (SSSR count). The number of nitrogens with one attached hydrogen (secondary N) is 1. The number of likely N-dealkylation sites (N-methyl/N-ethyl adjacent to an activating group) is 1. The summed E-state index contributed by atoms with van der Waals surface area (Å²) in [5.74, 6) is 1.03. The molecule has 1 aromatic heterocycles. The summed E-state index contributed by atoms with van der Waals surface area (Å²) in [4.78, 5) is 5.69. The maximum Gasteiger partial charge on any atom is 0.128 e. The lowest BCUT2D eigenvalue weighted by molar-refractivity contribution is 0.312. The number of H-pyrrole nitrogens is 1. The number of aryl methyl sites for hydroxylation is 1. The minimum atomic E-state index is 0.801. The van der Waals surface area contributed by atoms with Crippen molar-refractivity contribution in [3.8, 4) is 5.75 Å². The Morgan fingerprint density at radius 1 is 1.14 bits per heavy atom. The quantitative estimate of drug-likeness (QED) is 0.743. The van der Waals surface area contributed by atoms with E-state index in [1.165, 1.54) is 22.0 Å². The van der Waals surface area contributed by atoms with Crippen molar-refractivity contribution in [3.05, 3.63) is 29.5 Å². The van der Waals surface area contributed by atoms with E-state index >= 15 is 0 Å². The van der Waals surface area contributed by atoms with Crippen LogP contribution in [0.5, 0.6) is 5.75 Å². The maximum absolute atomic E-state index is 6.03. The van der Waals surface area contributed by atoms with Crippen LogP contribution in [0.1, 0.15) is 37.8 Å². The molecule has 0 amide bonds. The predicted molar refractivity (Wildman–Crippen MR) is 90.3 cm³/mol. The fraction of sp³-hybridized carbons (Fsp3) is 0.556. The fourth-order valence-electron chi connectivity index (χ4n) is 2.62. The largest absolute Gasteiger partial charge is 0.493 e. The van der Waals surface area contributed by atoms with E-state index in [0.717, 1.165) is 44.6 Å². The summed E-state index contributed by atoms with van der Waals surface area (Å²) < 4.78 is 6.03. The number of hydrogen-bond acceptors (Lipinski definition) is 2.